The molecule has 4 aromatic carbocycles. The van der Waals surface area contributed by atoms with Crippen molar-refractivity contribution in [1.29, 1.82) is 5.26 Å². The number of aryl methyl sites for hydroxylation is 1. The van der Waals surface area contributed by atoms with E-state index in [1.165, 1.54) is 0 Å². The van der Waals surface area contributed by atoms with Crippen LogP contribution in [0.1, 0.15) is 159 Å². The topological polar surface area (TPSA) is 195 Å². The zero-order valence-corrected chi connectivity index (χ0v) is 48.0. The summed E-state index contributed by atoms with van der Waals surface area (Å²) in [5.41, 5.74) is 0.544. The predicted octanol–water partition coefficient (Wildman–Crippen LogP) is 11.4. The summed E-state index contributed by atoms with van der Waals surface area (Å²) in [6, 6.07) is 23.8. The van der Waals surface area contributed by atoms with Crippen LogP contribution >= 0.6 is 8.45 Å². The molecule has 2 aliphatic heterocycles. The number of benzene rings is 4. The fraction of sp³-hybridized carbons (Fsp3) is 0.508. The third-order valence-corrected chi connectivity index (χ3v) is 15.3. The summed E-state index contributed by atoms with van der Waals surface area (Å²) < 4.78 is 46.5. The summed E-state index contributed by atoms with van der Waals surface area (Å²) in [5, 5.41) is 21.1. The van der Waals surface area contributed by atoms with Gasteiger partial charge in [-0.3, -0.25) is 14.4 Å². The van der Waals surface area contributed by atoms with E-state index < -0.39 is 48.7 Å². The number of hydrogen-bond donors (Lipinski definition) is 2. The number of rotatable bonds is 21. The quantitative estimate of drug-likeness (QED) is 0.0346. The monoisotopic (exact) mass is 1070 g/mol. The molecule has 6 rings (SSSR count). The van der Waals surface area contributed by atoms with Crippen molar-refractivity contribution in [1.82, 2.24) is 14.7 Å². The number of amides is 1. The van der Waals surface area contributed by atoms with Gasteiger partial charge in [0.25, 0.3) is 5.91 Å². The first-order valence-electron chi connectivity index (χ1n) is 26.1. The van der Waals surface area contributed by atoms with E-state index in [4.69, 9.17) is 38.2 Å². The molecular formula is C59H79N4O12P. The molecule has 4 aromatic rings. The van der Waals surface area contributed by atoms with E-state index in [1.807, 2.05) is 19.1 Å². The van der Waals surface area contributed by atoms with Crippen LogP contribution in [0.25, 0.3) is 0 Å². The molecule has 76 heavy (non-hydrogen) atoms. The Hall–Kier alpha value is -5.92. The van der Waals surface area contributed by atoms with Crippen molar-refractivity contribution in [3.63, 3.8) is 0 Å². The molecule has 1 spiro atoms. The molecule has 0 saturated heterocycles. The summed E-state index contributed by atoms with van der Waals surface area (Å²) in [5.74, 6) is -0.358. The molecule has 0 radical (unpaired) electrons. The number of nitriles is 1. The molecule has 0 bridgehead atoms. The second-order valence-electron chi connectivity index (χ2n) is 21.9. The fourth-order valence-corrected chi connectivity index (χ4v) is 11.0. The SMILES string of the molecule is CC(C)N(C(C)C)P(OCCC#N)N(C(C)C)C(C)C.CCc1cc(CO)cc(OCCOCCNC(=O)c2ccc3c(c2)C2(OC3=O)c3ccc(OC(=O)C(C)(C)C)cc3Oc3cc(OC(=O)C(C)(C)C)ccc32)c1. The van der Waals surface area contributed by atoms with Crippen LogP contribution in [0, 0.1) is 22.2 Å². The number of esters is 3. The van der Waals surface area contributed by atoms with Crippen molar-refractivity contribution in [2.75, 3.05) is 33.0 Å². The van der Waals surface area contributed by atoms with Crippen molar-refractivity contribution in [3.8, 4) is 34.8 Å². The fourth-order valence-electron chi connectivity index (χ4n) is 8.65. The van der Waals surface area contributed by atoms with Gasteiger partial charge in [-0.25, -0.2) is 14.1 Å². The number of ether oxygens (including phenoxy) is 6. The predicted molar refractivity (Wildman–Crippen MR) is 293 cm³/mol. The highest BCUT2D eigenvalue weighted by Gasteiger charge is 2.54. The highest BCUT2D eigenvalue weighted by atomic mass is 31.2. The smallest absolute Gasteiger partial charge is 0.340 e. The van der Waals surface area contributed by atoms with E-state index in [2.05, 4.69) is 76.1 Å². The van der Waals surface area contributed by atoms with Gasteiger partial charge in [0.1, 0.15) is 35.4 Å². The summed E-state index contributed by atoms with van der Waals surface area (Å²) in [4.78, 5) is 52.6. The number of aliphatic hydroxyl groups is 1. The average Bonchev–Trinajstić information content (AvgIpc) is 3.64. The van der Waals surface area contributed by atoms with E-state index in [-0.39, 0.29) is 60.5 Å². The minimum atomic E-state index is -1.57. The number of carbonyl (C=O) groups is 4. The van der Waals surface area contributed by atoms with Gasteiger partial charge in [-0.2, -0.15) is 5.26 Å². The van der Waals surface area contributed by atoms with Crippen LogP contribution in [-0.2, 0) is 42.2 Å². The third-order valence-electron chi connectivity index (χ3n) is 12.2. The number of carbonyl (C=O) groups excluding carboxylic acids is 4. The van der Waals surface area contributed by atoms with Crippen molar-refractivity contribution in [2.45, 2.75) is 153 Å². The van der Waals surface area contributed by atoms with Crippen LogP contribution in [0.3, 0.4) is 0 Å². The molecule has 16 nitrogen and oxygen atoms in total. The number of fused-ring (bicyclic) bond motifs is 6. The Morgan fingerprint density at radius 1 is 0.697 bits per heavy atom. The highest BCUT2D eigenvalue weighted by molar-refractivity contribution is 7.47. The largest absolute Gasteiger partial charge is 0.491 e. The van der Waals surface area contributed by atoms with E-state index in [1.54, 1.807) is 102 Å². The van der Waals surface area contributed by atoms with Gasteiger partial charge in [0, 0.05) is 65.1 Å². The standard InChI is InChI=1S/C44H47NO11.C15H32N3OP/c1-8-26-19-27(25-46)21-31(20-26)52-18-17-51-16-15-45-38(47)28-9-12-32-35(22-28)44(56-39(32)48)33-13-10-29(53-40(49)42(2,3)4)23-36(33)55-37-24-30(11-14-34(37)44)54-41(50)43(5,6)7;1-12(2)17(13(3)4)20(19-11-9-10-16)18(14(5)6)15(7)8/h9-14,19-24,46H,8,15-18,25H2,1-7H3,(H,45,47);12-15H,9,11H2,1-8H3. The molecule has 2 aliphatic rings. The Bertz CT molecular complexity index is 2580. The molecule has 0 unspecified atom stereocenters. The summed E-state index contributed by atoms with van der Waals surface area (Å²) in [6.45, 7) is 31.6. The van der Waals surface area contributed by atoms with Crippen LogP contribution < -0.4 is 24.3 Å². The molecule has 0 aromatic heterocycles. The van der Waals surface area contributed by atoms with Crippen molar-refractivity contribution >= 4 is 32.3 Å². The molecule has 0 aliphatic carbocycles. The van der Waals surface area contributed by atoms with Crippen LogP contribution in [0.5, 0.6) is 28.7 Å². The second-order valence-corrected chi connectivity index (χ2v) is 23.6. The Morgan fingerprint density at radius 2 is 1.24 bits per heavy atom. The van der Waals surface area contributed by atoms with Gasteiger partial charge in [0.15, 0.2) is 14.1 Å². The first-order chi connectivity index (χ1) is 35.8. The minimum Gasteiger partial charge on any atom is -0.491 e. The lowest BCUT2D eigenvalue weighted by Crippen LogP contribution is -2.43. The highest BCUT2D eigenvalue weighted by Crippen LogP contribution is 2.57. The average molecular weight is 1070 g/mol. The molecule has 0 atom stereocenters. The van der Waals surface area contributed by atoms with Gasteiger partial charge < -0.3 is 43.4 Å². The number of nitrogens with zero attached hydrogens (tertiary/aromatic N) is 3. The Kier molecular flexibility index (Phi) is 21.2. The van der Waals surface area contributed by atoms with Gasteiger partial charge in [-0.15, -0.1) is 0 Å². The number of hydrogen-bond acceptors (Lipinski definition) is 15. The summed E-state index contributed by atoms with van der Waals surface area (Å²) >= 11 is 0. The normalized spacial score (nSPS) is 13.5. The van der Waals surface area contributed by atoms with Crippen molar-refractivity contribution < 1.29 is 57.2 Å². The van der Waals surface area contributed by atoms with E-state index in [0.29, 0.717) is 66.2 Å². The van der Waals surface area contributed by atoms with Gasteiger partial charge in [0.05, 0.1) is 55.3 Å². The lowest BCUT2D eigenvalue weighted by Gasteiger charge is -2.45. The first kappa shape index (κ1) is 60.9. The molecule has 2 N–H and O–H groups in total. The molecular weight excluding hydrogens is 988 g/mol. The maximum atomic E-state index is 13.6. The molecule has 17 heteroatoms. The molecule has 2 heterocycles. The van der Waals surface area contributed by atoms with Gasteiger partial charge in [-0.1, -0.05) is 13.0 Å². The molecule has 412 valence electrons. The zero-order valence-electron chi connectivity index (χ0n) is 47.1. The number of nitrogens with one attached hydrogen (secondary N) is 1. The molecule has 1 amide bonds. The lowest BCUT2D eigenvalue weighted by molar-refractivity contribution is -0.143. The van der Waals surface area contributed by atoms with E-state index in [9.17, 15) is 24.3 Å². The molecule has 0 fully saturated rings. The van der Waals surface area contributed by atoms with Gasteiger partial charge in [-0.05, 0) is 169 Å². The van der Waals surface area contributed by atoms with Crippen LogP contribution in [0.2, 0.25) is 0 Å². The maximum Gasteiger partial charge on any atom is 0.340 e. The first-order valence-corrected chi connectivity index (χ1v) is 27.3. The maximum absolute atomic E-state index is 13.6. The van der Waals surface area contributed by atoms with E-state index in [0.717, 1.165) is 17.5 Å². The summed E-state index contributed by atoms with van der Waals surface area (Å²) in [6.07, 6.45) is 1.27. The minimum absolute atomic E-state index is 0.0709. The molecule has 0 saturated carbocycles. The number of aliphatic hydroxyl groups excluding tert-OH is 1. The van der Waals surface area contributed by atoms with Crippen LogP contribution in [0.4, 0.5) is 0 Å². The third kappa shape index (κ3) is 15.0. The Labute approximate surface area is 451 Å². The van der Waals surface area contributed by atoms with Crippen molar-refractivity contribution in [3.05, 3.63) is 112 Å². The second kappa shape index (κ2) is 26.4. The Balaban J connectivity index is 0.000000452. The Morgan fingerprint density at radius 3 is 1.72 bits per heavy atom. The van der Waals surface area contributed by atoms with Crippen molar-refractivity contribution in [2.24, 2.45) is 10.8 Å². The summed E-state index contributed by atoms with van der Waals surface area (Å²) in [7, 11) is -0.841. The van der Waals surface area contributed by atoms with Gasteiger partial charge in [0.2, 0.25) is 0 Å². The zero-order chi connectivity index (χ0) is 56.3. The van der Waals surface area contributed by atoms with Gasteiger partial charge >= 0.3 is 17.9 Å². The van der Waals surface area contributed by atoms with Crippen LogP contribution in [-0.4, -0.2) is 95.4 Å². The van der Waals surface area contributed by atoms with E-state index >= 15 is 0 Å². The lowest BCUT2D eigenvalue weighted by atomic mass is 9.77. The van der Waals surface area contributed by atoms with Crippen LogP contribution in [0.15, 0.2) is 72.8 Å².